The molecular formula is C10H11BrFNO2. The third-order valence-electron chi connectivity index (χ3n) is 2.06. The minimum atomic E-state index is -0.385. The van der Waals surface area contributed by atoms with E-state index in [1.807, 2.05) is 0 Å². The Morgan fingerprint density at radius 3 is 2.67 bits per heavy atom. The van der Waals surface area contributed by atoms with E-state index in [0.717, 1.165) is 5.06 Å². The molecule has 0 saturated carbocycles. The summed E-state index contributed by atoms with van der Waals surface area (Å²) in [6, 6.07) is 2.75. The first-order valence-corrected chi connectivity index (χ1v) is 5.04. The smallest absolute Gasteiger partial charge is 0.274 e. The highest BCUT2D eigenvalue weighted by Crippen LogP contribution is 2.21. The van der Waals surface area contributed by atoms with Crippen molar-refractivity contribution in [3.8, 4) is 0 Å². The summed E-state index contributed by atoms with van der Waals surface area (Å²) < 4.78 is 13.4. The molecule has 0 spiro atoms. The average molecular weight is 276 g/mol. The Morgan fingerprint density at radius 1 is 1.53 bits per heavy atom. The standard InChI is InChI=1S/C10H11BrFNO2/c1-6-4-9(12)8(11)5-7(6)10(14)13(2)15-3/h4-5H,1-3H3. The zero-order chi connectivity index (χ0) is 11.6. The van der Waals surface area contributed by atoms with E-state index < -0.39 is 0 Å². The molecule has 0 aliphatic rings. The monoisotopic (exact) mass is 275 g/mol. The van der Waals surface area contributed by atoms with Crippen LogP contribution in [0.5, 0.6) is 0 Å². The number of hydroxylamine groups is 2. The van der Waals surface area contributed by atoms with E-state index >= 15 is 0 Å². The van der Waals surface area contributed by atoms with Crippen molar-refractivity contribution in [1.82, 2.24) is 5.06 Å². The van der Waals surface area contributed by atoms with E-state index in [9.17, 15) is 9.18 Å². The van der Waals surface area contributed by atoms with Gasteiger partial charge in [0.05, 0.1) is 11.6 Å². The van der Waals surface area contributed by atoms with E-state index in [-0.39, 0.29) is 16.2 Å². The molecule has 0 N–H and O–H groups in total. The summed E-state index contributed by atoms with van der Waals surface area (Å²) in [6.45, 7) is 1.67. The molecule has 0 aromatic heterocycles. The zero-order valence-electron chi connectivity index (χ0n) is 8.67. The molecule has 1 aromatic carbocycles. The van der Waals surface area contributed by atoms with Gasteiger partial charge < -0.3 is 0 Å². The molecule has 0 radical (unpaired) electrons. The Hall–Kier alpha value is -0.940. The molecule has 0 atom stereocenters. The molecule has 0 aliphatic carbocycles. The second-order valence-electron chi connectivity index (χ2n) is 3.07. The molecule has 3 nitrogen and oxygen atoms in total. The fraction of sp³-hybridized carbons (Fsp3) is 0.300. The molecule has 1 rings (SSSR count). The number of carbonyl (C=O) groups excluding carboxylic acids is 1. The lowest BCUT2D eigenvalue weighted by Gasteiger charge is -2.15. The van der Waals surface area contributed by atoms with Crippen molar-refractivity contribution in [2.75, 3.05) is 14.2 Å². The minimum absolute atomic E-state index is 0.265. The van der Waals surface area contributed by atoms with Crippen molar-refractivity contribution >= 4 is 21.8 Å². The van der Waals surface area contributed by atoms with Crippen LogP contribution in [0.25, 0.3) is 0 Å². The van der Waals surface area contributed by atoms with Crippen LogP contribution in [0, 0.1) is 12.7 Å². The van der Waals surface area contributed by atoms with Crippen molar-refractivity contribution in [2.24, 2.45) is 0 Å². The van der Waals surface area contributed by atoms with Crippen LogP contribution < -0.4 is 0 Å². The third-order valence-corrected chi connectivity index (χ3v) is 2.67. The first-order valence-electron chi connectivity index (χ1n) is 4.25. The maximum absolute atomic E-state index is 13.1. The van der Waals surface area contributed by atoms with Crippen LogP contribution in [0.1, 0.15) is 15.9 Å². The van der Waals surface area contributed by atoms with Crippen molar-refractivity contribution in [2.45, 2.75) is 6.92 Å². The Kier molecular flexibility index (Phi) is 3.82. The van der Waals surface area contributed by atoms with E-state index in [4.69, 9.17) is 4.84 Å². The average Bonchev–Trinajstić information content (AvgIpc) is 2.21. The van der Waals surface area contributed by atoms with E-state index in [2.05, 4.69) is 15.9 Å². The van der Waals surface area contributed by atoms with Gasteiger partial charge in [0.1, 0.15) is 5.82 Å². The number of nitrogens with zero attached hydrogens (tertiary/aromatic N) is 1. The summed E-state index contributed by atoms with van der Waals surface area (Å²) in [7, 11) is 2.89. The molecule has 0 fully saturated rings. The van der Waals surface area contributed by atoms with Crippen molar-refractivity contribution in [3.05, 3.63) is 33.5 Å². The number of hydrogen-bond donors (Lipinski definition) is 0. The van der Waals surface area contributed by atoms with Crippen LogP contribution in [0.3, 0.4) is 0 Å². The summed E-state index contributed by atoms with van der Waals surface area (Å²) >= 11 is 3.03. The Labute approximate surface area is 95.9 Å². The van der Waals surface area contributed by atoms with Gasteiger partial charge in [-0.1, -0.05) is 0 Å². The molecule has 0 aliphatic heterocycles. The SMILES string of the molecule is CON(C)C(=O)c1cc(Br)c(F)cc1C. The molecule has 1 aromatic rings. The van der Waals surface area contributed by atoms with Gasteiger partial charge in [-0.15, -0.1) is 0 Å². The van der Waals surface area contributed by atoms with Crippen molar-refractivity contribution < 1.29 is 14.0 Å². The number of halogens is 2. The van der Waals surface area contributed by atoms with E-state index in [1.165, 1.54) is 26.3 Å². The van der Waals surface area contributed by atoms with Crippen LogP contribution in [-0.2, 0) is 4.84 Å². The molecule has 82 valence electrons. The predicted molar refractivity (Wildman–Crippen MR) is 57.9 cm³/mol. The molecule has 15 heavy (non-hydrogen) atoms. The van der Waals surface area contributed by atoms with Crippen LogP contribution in [0.2, 0.25) is 0 Å². The highest BCUT2D eigenvalue weighted by Gasteiger charge is 2.16. The Morgan fingerprint density at radius 2 is 2.13 bits per heavy atom. The fourth-order valence-electron chi connectivity index (χ4n) is 1.13. The van der Waals surface area contributed by atoms with Gasteiger partial charge in [-0.3, -0.25) is 9.63 Å². The first kappa shape index (κ1) is 12.1. The molecule has 0 bridgehead atoms. The zero-order valence-corrected chi connectivity index (χ0v) is 10.3. The summed E-state index contributed by atoms with van der Waals surface area (Å²) in [5.41, 5.74) is 0.984. The predicted octanol–water partition coefficient (Wildman–Crippen LogP) is 2.53. The second-order valence-corrected chi connectivity index (χ2v) is 3.92. The van der Waals surface area contributed by atoms with Gasteiger partial charge in [-0.25, -0.2) is 9.45 Å². The van der Waals surface area contributed by atoms with E-state index in [0.29, 0.717) is 11.1 Å². The lowest BCUT2D eigenvalue weighted by molar-refractivity contribution is -0.0757. The topological polar surface area (TPSA) is 29.5 Å². The first-order chi connectivity index (χ1) is 6.97. The van der Waals surface area contributed by atoms with Gasteiger partial charge in [-0.05, 0) is 40.5 Å². The molecule has 0 heterocycles. The fourth-order valence-corrected chi connectivity index (χ4v) is 1.47. The number of aryl methyl sites for hydroxylation is 1. The van der Waals surface area contributed by atoms with Gasteiger partial charge >= 0.3 is 0 Å². The van der Waals surface area contributed by atoms with Crippen molar-refractivity contribution in [1.29, 1.82) is 0 Å². The summed E-state index contributed by atoms with van der Waals surface area (Å²) in [6.07, 6.45) is 0. The minimum Gasteiger partial charge on any atom is -0.274 e. The lowest BCUT2D eigenvalue weighted by Crippen LogP contribution is -2.26. The van der Waals surface area contributed by atoms with Gasteiger partial charge in [-0.2, -0.15) is 0 Å². The normalized spacial score (nSPS) is 10.2. The number of amides is 1. The summed E-state index contributed by atoms with van der Waals surface area (Å²) in [4.78, 5) is 16.5. The van der Waals surface area contributed by atoms with Gasteiger partial charge in [0.15, 0.2) is 0 Å². The number of carbonyl (C=O) groups is 1. The largest absolute Gasteiger partial charge is 0.277 e. The van der Waals surface area contributed by atoms with Gasteiger partial charge in [0.25, 0.3) is 5.91 Å². The third kappa shape index (κ3) is 2.54. The quantitative estimate of drug-likeness (QED) is 0.777. The highest BCUT2D eigenvalue weighted by molar-refractivity contribution is 9.10. The van der Waals surface area contributed by atoms with Gasteiger partial charge in [0, 0.05) is 12.6 Å². The van der Waals surface area contributed by atoms with Crippen LogP contribution in [-0.4, -0.2) is 25.1 Å². The Balaban J connectivity index is 3.15. The highest BCUT2D eigenvalue weighted by atomic mass is 79.9. The molecular weight excluding hydrogens is 265 g/mol. The maximum atomic E-state index is 13.1. The van der Waals surface area contributed by atoms with Crippen LogP contribution in [0.4, 0.5) is 4.39 Å². The van der Waals surface area contributed by atoms with Gasteiger partial charge in [0.2, 0.25) is 0 Å². The lowest BCUT2D eigenvalue weighted by atomic mass is 10.1. The summed E-state index contributed by atoms with van der Waals surface area (Å²) in [5.74, 6) is -0.695. The van der Waals surface area contributed by atoms with Crippen LogP contribution in [0.15, 0.2) is 16.6 Å². The van der Waals surface area contributed by atoms with E-state index in [1.54, 1.807) is 6.92 Å². The van der Waals surface area contributed by atoms with Crippen molar-refractivity contribution in [3.63, 3.8) is 0 Å². The maximum Gasteiger partial charge on any atom is 0.277 e. The summed E-state index contributed by atoms with van der Waals surface area (Å²) in [5, 5.41) is 1.09. The molecule has 0 saturated heterocycles. The van der Waals surface area contributed by atoms with Crippen LogP contribution >= 0.6 is 15.9 Å². The Bertz CT molecular complexity index is 395. The molecule has 0 unspecified atom stereocenters. The number of rotatable bonds is 2. The molecule has 5 heteroatoms. The second kappa shape index (κ2) is 4.72. The molecule has 1 amide bonds. The number of benzene rings is 1. The number of hydrogen-bond acceptors (Lipinski definition) is 2.